The van der Waals surface area contributed by atoms with Crippen LogP contribution < -0.4 is 11.1 Å². The average molecular weight is 290 g/mol. The Morgan fingerprint density at radius 2 is 2.10 bits per heavy atom. The lowest BCUT2D eigenvalue weighted by molar-refractivity contribution is -0.0932. The molecule has 2 rings (SSSR count). The second-order valence-corrected chi connectivity index (χ2v) is 5.83. The van der Waals surface area contributed by atoms with Crippen molar-refractivity contribution in [3.8, 4) is 0 Å². The number of nitrogens with one attached hydrogen (secondary N) is 1. The molecule has 116 valence electrons. The summed E-state index contributed by atoms with van der Waals surface area (Å²) in [6, 6.07) is 7.96. The van der Waals surface area contributed by atoms with Crippen molar-refractivity contribution in [2.75, 3.05) is 6.61 Å². The minimum absolute atomic E-state index is 0.0130. The Morgan fingerprint density at radius 1 is 1.38 bits per heavy atom. The van der Waals surface area contributed by atoms with Gasteiger partial charge in [-0.05, 0) is 37.3 Å². The molecule has 1 unspecified atom stereocenters. The molecule has 1 aliphatic heterocycles. The molecule has 1 aromatic rings. The average Bonchev–Trinajstić information content (AvgIpc) is 2.53. The Labute approximate surface area is 127 Å². The SMILES string of the molecule is CCC1(CC)CC(NCc2ccccc2C(N)=O)CCO1. The fourth-order valence-electron chi connectivity index (χ4n) is 3.11. The largest absolute Gasteiger partial charge is 0.375 e. The minimum atomic E-state index is -0.365. The van der Waals surface area contributed by atoms with Crippen molar-refractivity contribution in [1.29, 1.82) is 0 Å². The normalized spacial score (nSPS) is 21.1. The summed E-state index contributed by atoms with van der Waals surface area (Å²) in [5.74, 6) is -0.365. The standard InChI is InChI=1S/C17H26N2O2/c1-3-17(4-2)11-14(9-10-21-17)19-12-13-7-5-6-8-15(13)16(18)20/h5-8,14,19H,3-4,9-12H2,1-2H3,(H2,18,20). The number of ether oxygens (including phenoxy) is 1. The van der Waals surface area contributed by atoms with E-state index < -0.39 is 0 Å². The molecule has 1 fully saturated rings. The van der Waals surface area contributed by atoms with E-state index >= 15 is 0 Å². The van der Waals surface area contributed by atoms with Gasteiger partial charge in [0.05, 0.1) is 5.60 Å². The van der Waals surface area contributed by atoms with Gasteiger partial charge in [-0.25, -0.2) is 0 Å². The van der Waals surface area contributed by atoms with E-state index in [0.29, 0.717) is 18.2 Å². The predicted molar refractivity (Wildman–Crippen MR) is 84.1 cm³/mol. The topological polar surface area (TPSA) is 64.3 Å². The summed E-state index contributed by atoms with van der Waals surface area (Å²) >= 11 is 0. The summed E-state index contributed by atoms with van der Waals surface area (Å²) in [5, 5.41) is 3.57. The molecular weight excluding hydrogens is 264 g/mol. The highest BCUT2D eigenvalue weighted by Crippen LogP contribution is 2.31. The van der Waals surface area contributed by atoms with E-state index in [4.69, 9.17) is 10.5 Å². The molecule has 0 radical (unpaired) electrons. The highest BCUT2D eigenvalue weighted by Gasteiger charge is 2.34. The lowest BCUT2D eigenvalue weighted by atomic mass is 9.86. The van der Waals surface area contributed by atoms with Crippen LogP contribution in [0.1, 0.15) is 55.5 Å². The van der Waals surface area contributed by atoms with Gasteiger partial charge in [-0.2, -0.15) is 0 Å². The molecule has 3 N–H and O–H groups in total. The number of amides is 1. The lowest BCUT2D eigenvalue weighted by Gasteiger charge is -2.40. The Kier molecular flexibility index (Phi) is 5.37. The Bertz CT molecular complexity index is 483. The van der Waals surface area contributed by atoms with Crippen LogP contribution >= 0.6 is 0 Å². The monoisotopic (exact) mass is 290 g/mol. The first-order valence-corrected chi connectivity index (χ1v) is 7.85. The zero-order chi connectivity index (χ0) is 15.3. The first-order valence-electron chi connectivity index (χ1n) is 7.85. The van der Waals surface area contributed by atoms with Crippen LogP contribution in [0.15, 0.2) is 24.3 Å². The number of primary amides is 1. The van der Waals surface area contributed by atoms with E-state index in [0.717, 1.165) is 37.9 Å². The van der Waals surface area contributed by atoms with Gasteiger partial charge in [-0.3, -0.25) is 4.79 Å². The molecule has 0 aromatic heterocycles. The molecular formula is C17H26N2O2. The number of hydrogen-bond donors (Lipinski definition) is 2. The third-order valence-electron chi connectivity index (χ3n) is 4.65. The fourth-order valence-corrected chi connectivity index (χ4v) is 3.11. The molecule has 1 amide bonds. The third-order valence-corrected chi connectivity index (χ3v) is 4.65. The van der Waals surface area contributed by atoms with Crippen LogP contribution in [0.5, 0.6) is 0 Å². The number of hydrogen-bond acceptors (Lipinski definition) is 3. The van der Waals surface area contributed by atoms with Crippen LogP contribution in [-0.2, 0) is 11.3 Å². The van der Waals surface area contributed by atoms with E-state index in [2.05, 4.69) is 19.2 Å². The summed E-state index contributed by atoms with van der Waals surface area (Å²) in [6.45, 7) is 5.85. The molecule has 4 heteroatoms. The van der Waals surface area contributed by atoms with E-state index in [-0.39, 0.29) is 11.5 Å². The smallest absolute Gasteiger partial charge is 0.249 e. The molecule has 1 saturated heterocycles. The Hall–Kier alpha value is -1.39. The second kappa shape index (κ2) is 7.05. The molecule has 0 aliphatic carbocycles. The summed E-state index contributed by atoms with van der Waals surface area (Å²) < 4.78 is 5.99. The molecule has 1 aliphatic rings. The van der Waals surface area contributed by atoms with Gasteiger partial charge < -0.3 is 15.8 Å². The maximum atomic E-state index is 11.4. The van der Waals surface area contributed by atoms with E-state index in [1.54, 1.807) is 6.07 Å². The van der Waals surface area contributed by atoms with Gasteiger partial charge in [0.25, 0.3) is 0 Å². The molecule has 0 bridgehead atoms. The van der Waals surface area contributed by atoms with E-state index in [9.17, 15) is 4.79 Å². The molecule has 21 heavy (non-hydrogen) atoms. The Morgan fingerprint density at radius 3 is 2.76 bits per heavy atom. The first-order chi connectivity index (χ1) is 10.1. The number of nitrogens with two attached hydrogens (primary N) is 1. The number of carbonyl (C=O) groups excluding carboxylic acids is 1. The lowest BCUT2D eigenvalue weighted by Crippen LogP contribution is -2.46. The highest BCUT2D eigenvalue weighted by atomic mass is 16.5. The highest BCUT2D eigenvalue weighted by molar-refractivity contribution is 5.94. The molecule has 1 aromatic carbocycles. The van der Waals surface area contributed by atoms with Gasteiger partial charge in [-0.1, -0.05) is 32.0 Å². The quantitative estimate of drug-likeness (QED) is 0.846. The van der Waals surface area contributed by atoms with Crippen molar-refractivity contribution >= 4 is 5.91 Å². The number of benzene rings is 1. The summed E-state index contributed by atoms with van der Waals surface area (Å²) in [6.07, 6.45) is 4.12. The van der Waals surface area contributed by atoms with E-state index in [1.807, 2.05) is 18.2 Å². The zero-order valence-electron chi connectivity index (χ0n) is 13.0. The van der Waals surface area contributed by atoms with Crippen LogP contribution in [0.25, 0.3) is 0 Å². The molecule has 0 spiro atoms. The third kappa shape index (κ3) is 3.83. The first kappa shape index (κ1) is 16.0. The molecule has 0 saturated carbocycles. The minimum Gasteiger partial charge on any atom is -0.375 e. The van der Waals surface area contributed by atoms with Gasteiger partial charge in [0.1, 0.15) is 0 Å². The van der Waals surface area contributed by atoms with Crippen molar-refractivity contribution in [3.05, 3.63) is 35.4 Å². The maximum absolute atomic E-state index is 11.4. The van der Waals surface area contributed by atoms with Crippen LogP contribution in [0.4, 0.5) is 0 Å². The maximum Gasteiger partial charge on any atom is 0.249 e. The van der Waals surface area contributed by atoms with Gasteiger partial charge in [-0.15, -0.1) is 0 Å². The van der Waals surface area contributed by atoms with Crippen LogP contribution in [0.2, 0.25) is 0 Å². The summed E-state index contributed by atoms with van der Waals surface area (Å²) in [4.78, 5) is 11.4. The number of carbonyl (C=O) groups is 1. The number of rotatable bonds is 6. The Balaban J connectivity index is 1.99. The zero-order valence-corrected chi connectivity index (χ0v) is 13.0. The second-order valence-electron chi connectivity index (χ2n) is 5.83. The summed E-state index contributed by atoms with van der Waals surface area (Å²) in [5.41, 5.74) is 7.01. The molecule has 4 nitrogen and oxygen atoms in total. The van der Waals surface area contributed by atoms with Crippen molar-refractivity contribution in [3.63, 3.8) is 0 Å². The van der Waals surface area contributed by atoms with Gasteiger partial charge in [0, 0.05) is 24.8 Å². The van der Waals surface area contributed by atoms with Crippen LogP contribution in [-0.4, -0.2) is 24.2 Å². The van der Waals surface area contributed by atoms with Crippen molar-refractivity contribution in [2.45, 2.75) is 57.7 Å². The van der Waals surface area contributed by atoms with Gasteiger partial charge in [0.2, 0.25) is 5.91 Å². The predicted octanol–water partition coefficient (Wildman–Crippen LogP) is 2.61. The van der Waals surface area contributed by atoms with E-state index in [1.165, 1.54) is 0 Å². The molecule has 1 atom stereocenters. The van der Waals surface area contributed by atoms with Crippen LogP contribution in [0, 0.1) is 0 Å². The van der Waals surface area contributed by atoms with Crippen molar-refractivity contribution < 1.29 is 9.53 Å². The fraction of sp³-hybridized carbons (Fsp3) is 0.588. The van der Waals surface area contributed by atoms with Crippen LogP contribution in [0.3, 0.4) is 0 Å². The molecule has 1 heterocycles. The van der Waals surface area contributed by atoms with Gasteiger partial charge >= 0.3 is 0 Å². The summed E-state index contributed by atoms with van der Waals surface area (Å²) in [7, 11) is 0. The van der Waals surface area contributed by atoms with Crippen molar-refractivity contribution in [2.24, 2.45) is 5.73 Å². The van der Waals surface area contributed by atoms with Gasteiger partial charge in [0.15, 0.2) is 0 Å². The van der Waals surface area contributed by atoms with Crippen molar-refractivity contribution in [1.82, 2.24) is 5.32 Å².